The Morgan fingerprint density at radius 3 is 2.19 bits per heavy atom. The van der Waals surface area contributed by atoms with Gasteiger partial charge in [0.1, 0.15) is 12.6 Å². The lowest BCUT2D eigenvalue weighted by Crippen LogP contribution is -2.53. The molecule has 1 saturated carbocycles. The molecule has 1 N–H and O–H groups in total. The van der Waals surface area contributed by atoms with Crippen molar-refractivity contribution in [3.05, 3.63) is 64.7 Å². The Bertz CT molecular complexity index is 1170. The van der Waals surface area contributed by atoms with E-state index in [0.717, 1.165) is 58.5 Å². The van der Waals surface area contributed by atoms with Crippen LogP contribution in [-0.2, 0) is 26.2 Å². The van der Waals surface area contributed by atoms with Gasteiger partial charge < -0.3 is 10.2 Å². The highest BCUT2D eigenvalue weighted by atomic mass is 32.2. The number of benzene rings is 2. The summed E-state index contributed by atoms with van der Waals surface area (Å²) in [6.07, 6.45) is 5.61. The van der Waals surface area contributed by atoms with Gasteiger partial charge in [0, 0.05) is 12.6 Å². The van der Waals surface area contributed by atoms with E-state index in [-0.39, 0.29) is 25.0 Å². The fourth-order valence-corrected chi connectivity index (χ4v) is 5.51. The van der Waals surface area contributed by atoms with E-state index in [1.807, 2.05) is 58.0 Å². The molecule has 2 aromatic rings. The van der Waals surface area contributed by atoms with Crippen molar-refractivity contribution in [2.24, 2.45) is 0 Å². The molecule has 1 aliphatic carbocycles. The van der Waals surface area contributed by atoms with Crippen molar-refractivity contribution in [2.75, 3.05) is 17.1 Å². The van der Waals surface area contributed by atoms with Crippen LogP contribution in [0.15, 0.2) is 42.5 Å². The lowest BCUT2D eigenvalue weighted by atomic mass is 10.1. The number of nitrogens with zero attached hydrogens (tertiary/aromatic N) is 2. The van der Waals surface area contributed by atoms with Crippen LogP contribution in [0.25, 0.3) is 0 Å². The van der Waals surface area contributed by atoms with Crippen molar-refractivity contribution >= 4 is 27.5 Å². The molecule has 0 saturated heterocycles. The molecule has 0 aliphatic heterocycles. The minimum absolute atomic E-state index is 0.130. The highest BCUT2D eigenvalue weighted by Gasteiger charge is 2.33. The average Bonchev–Trinajstić information content (AvgIpc) is 3.32. The highest BCUT2D eigenvalue weighted by Crippen LogP contribution is 2.23. The quantitative estimate of drug-likeness (QED) is 0.515. The fraction of sp³-hybridized carbons (Fsp3) is 0.500. The van der Waals surface area contributed by atoms with Crippen LogP contribution >= 0.6 is 0 Å². The number of hydrogen-bond donors (Lipinski definition) is 1. The van der Waals surface area contributed by atoms with Gasteiger partial charge in [-0.15, -0.1) is 0 Å². The smallest absolute Gasteiger partial charge is 0.244 e. The standard InChI is InChI=1S/C28H39N3O4S/c1-6-26(28(33)29-24-9-7-8-10-24)30(18-23-14-11-20(2)12-15-23)27(32)19-31(36(5,34)35)25-16-13-21(3)22(4)17-25/h11-17,24,26H,6-10,18-19H2,1-5H3,(H,29,33)/t26-/m1/s1. The maximum atomic E-state index is 13.8. The number of carbonyl (C=O) groups excluding carboxylic acids is 2. The average molecular weight is 514 g/mol. The van der Waals surface area contributed by atoms with Crippen LogP contribution < -0.4 is 9.62 Å². The Morgan fingerprint density at radius 1 is 1.00 bits per heavy atom. The van der Waals surface area contributed by atoms with Crippen LogP contribution in [0.1, 0.15) is 61.3 Å². The number of rotatable bonds is 10. The van der Waals surface area contributed by atoms with E-state index in [0.29, 0.717) is 12.1 Å². The van der Waals surface area contributed by atoms with E-state index < -0.39 is 22.0 Å². The minimum Gasteiger partial charge on any atom is -0.352 e. The molecule has 3 rings (SSSR count). The first-order valence-electron chi connectivity index (χ1n) is 12.7. The Balaban J connectivity index is 1.92. The van der Waals surface area contributed by atoms with Crippen molar-refractivity contribution in [2.45, 2.75) is 78.4 Å². The topological polar surface area (TPSA) is 86.8 Å². The number of sulfonamides is 1. The SMILES string of the molecule is CC[C@H](C(=O)NC1CCCC1)N(Cc1ccc(C)cc1)C(=O)CN(c1ccc(C)c(C)c1)S(C)(=O)=O. The van der Waals surface area contributed by atoms with Gasteiger partial charge in [-0.2, -0.15) is 0 Å². The van der Waals surface area contributed by atoms with E-state index >= 15 is 0 Å². The van der Waals surface area contributed by atoms with E-state index in [1.54, 1.807) is 12.1 Å². The van der Waals surface area contributed by atoms with Crippen molar-refractivity contribution < 1.29 is 18.0 Å². The molecule has 2 amide bonds. The largest absolute Gasteiger partial charge is 0.352 e. The summed E-state index contributed by atoms with van der Waals surface area (Å²) in [4.78, 5) is 28.6. The third kappa shape index (κ3) is 7.09. The first-order chi connectivity index (χ1) is 17.0. The molecule has 196 valence electrons. The molecule has 0 spiro atoms. The first kappa shape index (κ1) is 27.7. The van der Waals surface area contributed by atoms with Crippen molar-refractivity contribution in [3.63, 3.8) is 0 Å². The molecule has 1 atom stereocenters. The molecule has 0 unspecified atom stereocenters. The lowest BCUT2D eigenvalue weighted by Gasteiger charge is -2.33. The molecule has 0 radical (unpaired) electrons. The zero-order chi connectivity index (χ0) is 26.5. The van der Waals surface area contributed by atoms with Crippen LogP contribution in [0, 0.1) is 20.8 Å². The van der Waals surface area contributed by atoms with Crippen molar-refractivity contribution in [1.82, 2.24) is 10.2 Å². The van der Waals surface area contributed by atoms with Crippen LogP contribution in [-0.4, -0.2) is 50.0 Å². The van der Waals surface area contributed by atoms with Gasteiger partial charge in [0.05, 0.1) is 11.9 Å². The van der Waals surface area contributed by atoms with E-state index in [1.165, 1.54) is 4.90 Å². The second-order valence-electron chi connectivity index (χ2n) is 9.96. The summed E-state index contributed by atoms with van der Waals surface area (Å²) >= 11 is 0. The van der Waals surface area contributed by atoms with E-state index in [4.69, 9.17) is 0 Å². The normalized spacial score (nSPS) is 14.9. The number of aryl methyl sites for hydroxylation is 3. The second-order valence-corrected chi connectivity index (χ2v) is 11.9. The molecular weight excluding hydrogens is 474 g/mol. The van der Waals surface area contributed by atoms with Gasteiger partial charge in [-0.3, -0.25) is 13.9 Å². The van der Waals surface area contributed by atoms with Gasteiger partial charge >= 0.3 is 0 Å². The van der Waals surface area contributed by atoms with Crippen molar-refractivity contribution in [1.29, 1.82) is 0 Å². The lowest BCUT2D eigenvalue weighted by molar-refractivity contribution is -0.140. The molecule has 36 heavy (non-hydrogen) atoms. The Kier molecular flexibility index (Phi) is 9.17. The number of hydrogen-bond acceptors (Lipinski definition) is 4. The maximum absolute atomic E-state index is 13.8. The summed E-state index contributed by atoms with van der Waals surface area (Å²) in [6.45, 7) is 7.58. The van der Waals surface area contributed by atoms with Gasteiger partial charge in [0.25, 0.3) is 0 Å². The van der Waals surface area contributed by atoms with Crippen LogP contribution in [0.3, 0.4) is 0 Å². The number of amides is 2. The van der Waals surface area contributed by atoms with E-state index in [9.17, 15) is 18.0 Å². The molecule has 1 fully saturated rings. The Hall–Kier alpha value is -2.87. The summed E-state index contributed by atoms with van der Waals surface area (Å²) in [7, 11) is -3.74. The number of nitrogens with one attached hydrogen (secondary N) is 1. The minimum atomic E-state index is -3.74. The van der Waals surface area contributed by atoms with E-state index in [2.05, 4.69) is 5.32 Å². The van der Waals surface area contributed by atoms with Crippen LogP contribution in [0.2, 0.25) is 0 Å². The van der Waals surface area contributed by atoms with Crippen LogP contribution in [0.4, 0.5) is 5.69 Å². The molecule has 7 nitrogen and oxygen atoms in total. The molecular formula is C28H39N3O4S. The zero-order valence-electron chi connectivity index (χ0n) is 22.1. The predicted molar refractivity (Wildman–Crippen MR) is 144 cm³/mol. The Morgan fingerprint density at radius 2 is 1.64 bits per heavy atom. The van der Waals surface area contributed by atoms with Gasteiger partial charge in [0.2, 0.25) is 21.8 Å². The number of carbonyl (C=O) groups is 2. The van der Waals surface area contributed by atoms with Gasteiger partial charge in [-0.25, -0.2) is 8.42 Å². The molecule has 1 aliphatic rings. The summed E-state index contributed by atoms with van der Waals surface area (Å²) in [5.41, 5.74) is 4.40. The molecule has 0 aromatic heterocycles. The molecule has 0 bridgehead atoms. The van der Waals surface area contributed by atoms with Crippen molar-refractivity contribution in [3.8, 4) is 0 Å². The summed E-state index contributed by atoms with van der Waals surface area (Å²) < 4.78 is 26.7. The fourth-order valence-electron chi connectivity index (χ4n) is 4.67. The van der Waals surface area contributed by atoms with Gasteiger partial charge in [0.15, 0.2) is 0 Å². The summed E-state index contributed by atoms with van der Waals surface area (Å²) in [5, 5.41) is 3.12. The van der Waals surface area contributed by atoms with Crippen LogP contribution in [0.5, 0.6) is 0 Å². The first-order valence-corrected chi connectivity index (χ1v) is 14.5. The van der Waals surface area contributed by atoms with Gasteiger partial charge in [-0.1, -0.05) is 55.7 Å². The molecule has 2 aromatic carbocycles. The summed E-state index contributed by atoms with van der Waals surface area (Å²) in [5.74, 6) is -0.588. The molecule has 8 heteroatoms. The molecule has 0 heterocycles. The predicted octanol–water partition coefficient (Wildman–Crippen LogP) is 4.24. The second kappa shape index (κ2) is 11.9. The summed E-state index contributed by atoms with van der Waals surface area (Å²) in [6, 6.07) is 12.6. The zero-order valence-corrected chi connectivity index (χ0v) is 22.9. The third-order valence-corrected chi connectivity index (χ3v) is 8.16. The van der Waals surface area contributed by atoms with Gasteiger partial charge in [-0.05, 0) is 68.9 Å². The number of anilines is 1. The maximum Gasteiger partial charge on any atom is 0.244 e. The third-order valence-electron chi connectivity index (χ3n) is 7.02. The monoisotopic (exact) mass is 513 g/mol. The highest BCUT2D eigenvalue weighted by molar-refractivity contribution is 7.92. The Labute approximate surface area is 215 Å².